The number of nitrogens with zero attached hydrogens (tertiary/aromatic N) is 1. The van der Waals surface area contributed by atoms with Crippen LogP contribution < -0.4 is 15.8 Å². The summed E-state index contributed by atoms with van der Waals surface area (Å²) in [6.45, 7) is 1.63. The van der Waals surface area contributed by atoms with Crippen LogP contribution in [0.4, 0.5) is 5.69 Å². The normalized spacial score (nSPS) is 11.8. The van der Waals surface area contributed by atoms with Crippen molar-refractivity contribution < 1.29 is 14.1 Å². The topological polar surface area (TPSA) is 97.2 Å². The maximum absolute atomic E-state index is 12.4. The molecule has 0 saturated carbocycles. The number of aromatic amines is 1. The largest absolute Gasteiger partial charge is 0.480 e. The van der Waals surface area contributed by atoms with Crippen LogP contribution in [0.5, 0.6) is 5.75 Å². The van der Waals surface area contributed by atoms with Crippen molar-refractivity contribution in [3.8, 4) is 17.1 Å². The van der Waals surface area contributed by atoms with E-state index in [1.807, 2.05) is 0 Å². The summed E-state index contributed by atoms with van der Waals surface area (Å²) in [6, 6.07) is 11.9. The number of benzene rings is 2. The number of H-pyrrole nitrogens is 1. The minimum absolute atomic E-state index is 0.278. The van der Waals surface area contributed by atoms with Gasteiger partial charge in [0.05, 0.1) is 4.47 Å². The predicted molar refractivity (Wildman–Crippen MR) is 100 cm³/mol. The van der Waals surface area contributed by atoms with E-state index >= 15 is 0 Å². The van der Waals surface area contributed by atoms with Crippen LogP contribution in [0.3, 0.4) is 0 Å². The van der Waals surface area contributed by atoms with Gasteiger partial charge in [0.2, 0.25) is 0 Å². The Balaban J connectivity index is 1.70. The zero-order valence-corrected chi connectivity index (χ0v) is 15.8. The third-order valence-corrected chi connectivity index (χ3v) is 4.27. The van der Waals surface area contributed by atoms with Gasteiger partial charge in [0.25, 0.3) is 5.91 Å². The second-order valence-electron chi connectivity index (χ2n) is 5.35. The molecule has 1 aromatic heterocycles. The molecule has 7 nitrogen and oxygen atoms in total. The molecule has 0 radical (unpaired) electrons. The van der Waals surface area contributed by atoms with E-state index in [1.54, 1.807) is 49.4 Å². The van der Waals surface area contributed by atoms with Gasteiger partial charge in [0.15, 0.2) is 11.9 Å². The molecule has 2 N–H and O–H groups in total. The van der Waals surface area contributed by atoms with E-state index in [0.29, 0.717) is 26.5 Å². The molecule has 0 aliphatic heterocycles. The highest BCUT2D eigenvalue weighted by atomic mass is 79.9. The Labute approximate surface area is 161 Å². The molecule has 0 fully saturated rings. The van der Waals surface area contributed by atoms with Crippen LogP contribution in [-0.2, 0) is 4.79 Å². The Morgan fingerprint density at radius 3 is 2.85 bits per heavy atom. The number of carbonyl (C=O) groups is 1. The first-order valence-electron chi connectivity index (χ1n) is 7.51. The lowest BCUT2D eigenvalue weighted by atomic mass is 10.2. The average molecular weight is 439 g/mol. The molecule has 0 saturated heterocycles. The highest BCUT2D eigenvalue weighted by Crippen LogP contribution is 2.29. The van der Waals surface area contributed by atoms with Gasteiger partial charge in [-0.05, 0) is 53.2 Å². The van der Waals surface area contributed by atoms with E-state index in [-0.39, 0.29) is 11.7 Å². The average Bonchev–Trinajstić information content (AvgIpc) is 3.04. The maximum Gasteiger partial charge on any atom is 0.439 e. The van der Waals surface area contributed by atoms with Crippen molar-refractivity contribution in [2.75, 3.05) is 5.32 Å². The first-order valence-corrected chi connectivity index (χ1v) is 8.68. The monoisotopic (exact) mass is 437 g/mol. The van der Waals surface area contributed by atoms with E-state index in [9.17, 15) is 9.59 Å². The fourth-order valence-corrected chi connectivity index (χ4v) is 2.93. The van der Waals surface area contributed by atoms with Gasteiger partial charge in [-0.3, -0.25) is 14.3 Å². The molecule has 1 amide bonds. The summed E-state index contributed by atoms with van der Waals surface area (Å²) in [4.78, 5) is 25.9. The quantitative estimate of drug-likeness (QED) is 0.630. The molecule has 0 spiro atoms. The van der Waals surface area contributed by atoms with Crippen LogP contribution in [0.25, 0.3) is 11.4 Å². The third kappa shape index (κ3) is 4.33. The Morgan fingerprint density at radius 1 is 1.35 bits per heavy atom. The SMILES string of the molecule is CC(Oc1ccc(Cl)cc1Br)C(=O)Nc1cccc(-c2noc(=O)[nH]2)c1. The van der Waals surface area contributed by atoms with Crippen molar-refractivity contribution in [3.63, 3.8) is 0 Å². The first kappa shape index (κ1) is 18.2. The minimum Gasteiger partial charge on any atom is -0.480 e. The lowest BCUT2D eigenvalue weighted by molar-refractivity contribution is -0.122. The van der Waals surface area contributed by atoms with Crippen LogP contribution in [0.1, 0.15) is 6.92 Å². The number of rotatable bonds is 5. The number of amides is 1. The number of hydrogen-bond acceptors (Lipinski definition) is 5. The Hall–Kier alpha value is -2.58. The molecule has 1 unspecified atom stereocenters. The molecular formula is C17H13BrClN3O4. The zero-order chi connectivity index (χ0) is 18.7. The van der Waals surface area contributed by atoms with E-state index in [1.165, 1.54) is 0 Å². The molecule has 3 aromatic rings. The smallest absolute Gasteiger partial charge is 0.439 e. The first-order chi connectivity index (χ1) is 12.4. The van der Waals surface area contributed by atoms with Crippen molar-refractivity contribution in [1.82, 2.24) is 10.1 Å². The number of aromatic nitrogens is 2. The summed E-state index contributed by atoms with van der Waals surface area (Å²) in [6.07, 6.45) is -0.747. The zero-order valence-electron chi connectivity index (χ0n) is 13.5. The van der Waals surface area contributed by atoms with Crippen LogP contribution >= 0.6 is 27.5 Å². The number of carbonyl (C=O) groups excluding carboxylic acids is 1. The lowest BCUT2D eigenvalue weighted by Gasteiger charge is -2.16. The molecular weight excluding hydrogens is 426 g/mol. The molecule has 1 atom stereocenters. The number of hydrogen-bond donors (Lipinski definition) is 2. The van der Waals surface area contributed by atoms with Crippen LogP contribution in [0, 0.1) is 0 Å². The Kier molecular flexibility index (Phi) is 5.43. The van der Waals surface area contributed by atoms with Gasteiger partial charge in [0.1, 0.15) is 5.75 Å². The van der Waals surface area contributed by atoms with Crippen molar-refractivity contribution in [2.24, 2.45) is 0 Å². The summed E-state index contributed by atoms with van der Waals surface area (Å²) < 4.78 is 10.8. The lowest BCUT2D eigenvalue weighted by Crippen LogP contribution is -2.30. The molecule has 0 aliphatic carbocycles. The van der Waals surface area contributed by atoms with E-state index in [4.69, 9.17) is 16.3 Å². The van der Waals surface area contributed by atoms with Crippen LogP contribution in [-0.4, -0.2) is 22.2 Å². The molecule has 134 valence electrons. The van der Waals surface area contributed by atoms with Crippen LogP contribution in [0.2, 0.25) is 5.02 Å². The summed E-state index contributed by atoms with van der Waals surface area (Å²) in [7, 11) is 0. The number of ether oxygens (including phenoxy) is 1. The van der Waals surface area contributed by atoms with Gasteiger partial charge in [0, 0.05) is 16.3 Å². The van der Waals surface area contributed by atoms with Gasteiger partial charge in [-0.15, -0.1) is 0 Å². The fraction of sp³-hybridized carbons (Fsp3) is 0.118. The van der Waals surface area contributed by atoms with Crippen molar-refractivity contribution in [3.05, 3.63) is 62.5 Å². The standard InChI is InChI=1S/C17H13BrClN3O4/c1-9(25-14-6-5-11(19)8-13(14)18)16(23)20-12-4-2-3-10(7-12)15-21-17(24)26-22-15/h2-9H,1H3,(H,20,23)(H,21,22,24). The number of nitrogens with one attached hydrogen (secondary N) is 2. The molecule has 0 aliphatic rings. The van der Waals surface area contributed by atoms with Crippen molar-refractivity contribution >= 4 is 39.1 Å². The van der Waals surface area contributed by atoms with E-state index in [0.717, 1.165) is 0 Å². The van der Waals surface area contributed by atoms with Gasteiger partial charge >= 0.3 is 5.76 Å². The van der Waals surface area contributed by atoms with E-state index in [2.05, 4.69) is 35.9 Å². The predicted octanol–water partition coefficient (Wildman–Crippen LogP) is 3.85. The van der Waals surface area contributed by atoms with Gasteiger partial charge in [-0.2, -0.15) is 0 Å². The fourth-order valence-electron chi connectivity index (χ4n) is 2.16. The second-order valence-corrected chi connectivity index (χ2v) is 6.64. The van der Waals surface area contributed by atoms with Gasteiger partial charge in [-0.1, -0.05) is 28.9 Å². The summed E-state index contributed by atoms with van der Waals surface area (Å²) >= 11 is 9.23. The third-order valence-electron chi connectivity index (χ3n) is 3.41. The molecule has 0 bridgehead atoms. The van der Waals surface area contributed by atoms with Crippen molar-refractivity contribution in [1.29, 1.82) is 0 Å². The van der Waals surface area contributed by atoms with Crippen molar-refractivity contribution in [2.45, 2.75) is 13.0 Å². The summed E-state index contributed by atoms with van der Waals surface area (Å²) in [5, 5.41) is 6.93. The van der Waals surface area contributed by atoms with Gasteiger partial charge < -0.3 is 10.1 Å². The van der Waals surface area contributed by atoms with Crippen LogP contribution in [0.15, 0.2) is 56.3 Å². The number of anilines is 1. The molecule has 26 heavy (non-hydrogen) atoms. The Morgan fingerprint density at radius 2 is 2.15 bits per heavy atom. The molecule has 2 aromatic carbocycles. The highest BCUT2D eigenvalue weighted by Gasteiger charge is 2.17. The molecule has 1 heterocycles. The van der Waals surface area contributed by atoms with E-state index < -0.39 is 11.9 Å². The maximum atomic E-state index is 12.4. The second kappa shape index (κ2) is 7.76. The summed E-state index contributed by atoms with van der Waals surface area (Å²) in [5.41, 5.74) is 1.13. The minimum atomic E-state index is -0.747. The molecule has 3 rings (SSSR count). The highest BCUT2D eigenvalue weighted by molar-refractivity contribution is 9.10. The molecule has 9 heteroatoms. The number of halogens is 2. The van der Waals surface area contributed by atoms with Gasteiger partial charge in [-0.25, -0.2) is 4.79 Å². The Bertz CT molecular complexity index is 1000. The summed E-state index contributed by atoms with van der Waals surface area (Å²) in [5.74, 6) is -0.200.